The Morgan fingerprint density at radius 1 is 1.33 bits per heavy atom. The first kappa shape index (κ1) is 12.8. The molecular formula is C6H16O3S2Si. The maximum absolute atomic E-state index is 9.83. The normalized spacial score (nSPS) is 14.8. The monoisotopic (exact) mass is 228 g/mol. The van der Waals surface area contributed by atoms with E-state index in [9.17, 15) is 4.80 Å². The standard InChI is InChI=1S/C6H16O3S2Si/c1-8-12(7,9-2)6(5-11)3-4-10/h6-7,10-11H,3-5H2,1-2H3. The molecule has 0 aromatic rings. The maximum Gasteiger partial charge on any atom is 0.501 e. The number of thiol groups is 2. The third-order valence-corrected chi connectivity index (χ3v) is 5.54. The minimum atomic E-state index is -2.97. The molecule has 0 saturated carbocycles. The SMILES string of the molecule is CO[Si](O)(OC)C(CS)CCS. The van der Waals surface area contributed by atoms with Crippen LogP contribution < -0.4 is 0 Å². The van der Waals surface area contributed by atoms with E-state index in [1.165, 1.54) is 14.2 Å². The molecule has 0 aliphatic rings. The molecule has 0 fully saturated rings. The molecule has 1 atom stereocenters. The molecule has 0 spiro atoms. The molecule has 0 aromatic carbocycles. The smallest absolute Gasteiger partial charge is 0.390 e. The zero-order valence-corrected chi connectivity index (χ0v) is 10.1. The molecule has 1 N–H and O–H groups in total. The highest BCUT2D eigenvalue weighted by atomic mass is 32.1. The van der Waals surface area contributed by atoms with Crippen LogP contribution in [0.4, 0.5) is 0 Å². The van der Waals surface area contributed by atoms with E-state index in [0.717, 1.165) is 6.42 Å². The van der Waals surface area contributed by atoms with Crippen LogP contribution in [0.2, 0.25) is 5.54 Å². The Morgan fingerprint density at radius 3 is 2.08 bits per heavy atom. The van der Waals surface area contributed by atoms with Crippen LogP contribution in [0.25, 0.3) is 0 Å². The summed E-state index contributed by atoms with van der Waals surface area (Å²) in [6.07, 6.45) is 0.761. The molecule has 0 heterocycles. The van der Waals surface area contributed by atoms with Gasteiger partial charge in [0.2, 0.25) is 0 Å². The average Bonchev–Trinajstić information content (AvgIpc) is 2.13. The van der Waals surface area contributed by atoms with Crippen molar-refractivity contribution < 1.29 is 13.6 Å². The first-order valence-corrected chi connectivity index (χ1v) is 6.79. The highest BCUT2D eigenvalue weighted by molar-refractivity contribution is 7.80. The summed E-state index contributed by atoms with van der Waals surface area (Å²) in [7, 11) is -0.0471. The number of hydrogen-bond donors (Lipinski definition) is 3. The van der Waals surface area contributed by atoms with Crippen molar-refractivity contribution >= 4 is 34.1 Å². The van der Waals surface area contributed by atoms with Crippen molar-refractivity contribution in [2.45, 2.75) is 12.0 Å². The van der Waals surface area contributed by atoms with Gasteiger partial charge in [0.25, 0.3) is 0 Å². The molecule has 12 heavy (non-hydrogen) atoms. The summed E-state index contributed by atoms with van der Waals surface area (Å²) in [6.45, 7) is 0. The zero-order chi connectivity index (χ0) is 9.61. The van der Waals surface area contributed by atoms with Crippen molar-refractivity contribution in [1.29, 1.82) is 0 Å². The summed E-state index contributed by atoms with van der Waals surface area (Å²) in [5.74, 6) is 1.26. The summed E-state index contributed by atoms with van der Waals surface area (Å²) in [5, 5.41) is 0. The maximum atomic E-state index is 9.83. The van der Waals surface area contributed by atoms with E-state index in [1.807, 2.05) is 0 Å². The lowest BCUT2D eigenvalue weighted by molar-refractivity contribution is 0.140. The van der Waals surface area contributed by atoms with Gasteiger partial charge < -0.3 is 13.6 Å². The summed E-state index contributed by atoms with van der Waals surface area (Å²) < 4.78 is 9.96. The van der Waals surface area contributed by atoms with Crippen LogP contribution in [0.5, 0.6) is 0 Å². The van der Waals surface area contributed by atoms with Gasteiger partial charge >= 0.3 is 8.80 Å². The first-order chi connectivity index (χ1) is 5.64. The Hall–Kier alpha value is 0.797. The zero-order valence-electron chi connectivity index (χ0n) is 7.36. The van der Waals surface area contributed by atoms with Crippen molar-refractivity contribution in [1.82, 2.24) is 0 Å². The van der Waals surface area contributed by atoms with Gasteiger partial charge in [-0.25, -0.2) is 0 Å². The molecule has 0 radical (unpaired) electrons. The molecular weight excluding hydrogens is 212 g/mol. The first-order valence-electron chi connectivity index (χ1n) is 3.69. The van der Waals surface area contributed by atoms with Gasteiger partial charge in [0.05, 0.1) is 0 Å². The van der Waals surface area contributed by atoms with E-state index in [2.05, 4.69) is 25.3 Å². The molecule has 3 nitrogen and oxygen atoms in total. The summed E-state index contributed by atoms with van der Waals surface area (Å²) in [6, 6.07) is 0. The molecule has 0 aliphatic heterocycles. The lowest BCUT2D eigenvalue weighted by Crippen LogP contribution is -2.46. The van der Waals surface area contributed by atoms with Crippen LogP contribution in [-0.2, 0) is 8.85 Å². The molecule has 6 heteroatoms. The predicted molar refractivity (Wildman–Crippen MR) is 58.1 cm³/mol. The van der Waals surface area contributed by atoms with E-state index in [-0.39, 0.29) is 5.54 Å². The Balaban J connectivity index is 4.21. The van der Waals surface area contributed by atoms with Gasteiger partial charge in [-0.2, -0.15) is 25.3 Å². The average molecular weight is 228 g/mol. The molecule has 1 unspecified atom stereocenters. The highest BCUT2D eigenvalue weighted by Gasteiger charge is 2.43. The molecule has 0 saturated heterocycles. The van der Waals surface area contributed by atoms with Crippen LogP contribution in [0.1, 0.15) is 6.42 Å². The Morgan fingerprint density at radius 2 is 1.83 bits per heavy atom. The lowest BCUT2D eigenvalue weighted by Gasteiger charge is -2.27. The van der Waals surface area contributed by atoms with Crippen molar-refractivity contribution in [3.05, 3.63) is 0 Å². The highest BCUT2D eigenvalue weighted by Crippen LogP contribution is 2.25. The third-order valence-electron chi connectivity index (χ3n) is 1.80. The minimum absolute atomic E-state index is 0.0201. The lowest BCUT2D eigenvalue weighted by atomic mass is 10.4. The van der Waals surface area contributed by atoms with E-state index in [4.69, 9.17) is 8.85 Å². The second-order valence-electron chi connectivity index (χ2n) is 2.43. The van der Waals surface area contributed by atoms with Gasteiger partial charge in [0.1, 0.15) is 0 Å². The largest absolute Gasteiger partial charge is 0.501 e. The van der Waals surface area contributed by atoms with E-state index < -0.39 is 8.80 Å². The molecule has 0 aromatic heterocycles. The summed E-state index contributed by atoms with van der Waals surface area (Å²) in [5.41, 5.74) is -0.0201. The fourth-order valence-corrected chi connectivity index (χ4v) is 3.96. The third kappa shape index (κ3) is 3.27. The van der Waals surface area contributed by atoms with Crippen molar-refractivity contribution in [2.75, 3.05) is 25.7 Å². The number of hydrogen-bond acceptors (Lipinski definition) is 5. The van der Waals surface area contributed by atoms with E-state index in [1.54, 1.807) is 0 Å². The fraction of sp³-hybridized carbons (Fsp3) is 1.00. The van der Waals surface area contributed by atoms with Gasteiger partial charge in [-0.15, -0.1) is 0 Å². The van der Waals surface area contributed by atoms with E-state index in [0.29, 0.717) is 11.5 Å². The Bertz CT molecular complexity index is 121. The molecule has 74 valence electrons. The van der Waals surface area contributed by atoms with Gasteiger partial charge in [0, 0.05) is 19.8 Å². The summed E-state index contributed by atoms with van der Waals surface area (Å²) >= 11 is 8.22. The topological polar surface area (TPSA) is 38.7 Å². The van der Waals surface area contributed by atoms with Gasteiger partial charge in [-0.1, -0.05) is 0 Å². The fourth-order valence-electron chi connectivity index (χ4n) is 0.962. The second kappa shape index (κ2) is 6.28. The van der Waals surface area contributed by atoms with Crippen molar-refractivity contribution in [3.8, 4) is 0 Å². The number of rotatable bonds is 6. The molecule has 0 aliphatic carbocycles. The predicted octanol–water partition coefficient (Wildman–Crippen LogP) is 0.830. The molecule has 0 bridgehead atoms. The minimum Gasteiger partial charge on any atom is -0.390 e. The van der Waals surface area contributed by atoms with Crippen LogP contribution in [0.15, 0.2) is 0 Å². The van der Waals surface area contributed by atoms with Gasteiger partial charge in [0.15, 0.2) is 0 Å². The van der Waals surface area contributed by atoms with Crippen LogP contribution in [-0.4, -0.2) is 39.3 Å². The van der Waals surface area contributed by atoms with Crippen LogP contribution >= 0.6 is 25.3 Å². The Kier molecular flexibility index (Phi) is 6.70. The van der Waals surface area contributed by atoms with Crippen LogP contribution in [0.3, 0.4) is 0 Å². The quantitative estimate of drug-likeness (QED) is 0.466. The molecule has 0 amide bonds. The Labute approximate surface area is 85.6 Å². The van der Waals surface area contributed by atoms with Gasteiger partial charge in [-0.3, -0.25) is 0 Å². The van der Waals surface area contributed by atoms with Crippen molar-refractivity contribution in [2.24, 2.45) is 0 Å². The molecule has 0 rings (SSSR count). The summed E-state index contributed by atoms with van der Waals surface area (Å²) in [4.78, 5) is 9.83. The second-order valence-corrected chi connectivity index (χ2v) is 6.14. The van der Waals surface area contributed by atoms with Gasteiger partial charge in [-0.05, 0) is 17.9 Å². The van der Waals surface area contributed by atoms with Crippen LogP contribution in [0, 0.1) is 0 Å². The van der Waals surface area contributed by atoms with Crippen molar-refractivity contribution in [3.63, 3.8) is 0 Å². The van der Waals surface area contributed by atoms with E-state index >= 15 is 0 Å².